The first-order valence-electron chi connectivity index (χ1n) is 9.81. The lowest BCUT2D eigenvalue weighted by atomic mass is 10.1. The van der Waals surface area contributed by atoms with Gasteiger partial charge in [0.25, 0.3) is 5.56 Å². The molecule has 1 saturated heterocycles. The Labute approximate surface area is 181 Å². The zero-order chi connectivity index (χ0) is 22.7. The number of aromatic nitrogens is 4. The predicted octanol–water partition coefficient (Wildman–Crippen LogP) is 2.76. The Kier molecular flexibility index (Phi) is 6.08. The molecule has 32 heavy (non-hydrogen) atoms. The van der Waals surface area contributed by atoms with Crippen molar-refractivity contribution in [2.75, 3.05) is 31.2 Å². The summed E-state index contributed by atoms with van der Waals surface area (Å²) in [6.07, 6.45) is -2.08. The van der Waals surface area contributed by atoms with Crippen LogP contribution in [0.15, 0.2) is 53.7 Å². The zero-order valence-electron chi connectivity index (χ0n) is 17.1. The van der Waals surface area contributed by atoms with Crippen molar-refractivity contribution in [3.8, 4) is 17.1 Å². The first-order valence-corrected chi connectivity index (χ1v) is 9.81. The molecule has 0 spiro atoms. The molecular weight excluding hydrogens is 427 g/mol. The number of nitrogens with zero attached hydrogens (tertiary/aromatic N) is 5. The van der Waals surface area contributed by atoms with Crippen molar-refractivity contribution in [1.82, 2.24) is 19.5 Å². The van der Waals surface area contributed by atoms with Crippen LogP contribution in [0.3, 0.4) is 0 Å². The van der Waals surface area contributed by atoms with Crippen LogP contribution in [0.4, 0.5) is 19.1 Å². The van der Waals surface area contributed by atoms with E-state index in [-0.39, 0.29) is 17.9 Å². The van der Waals surface area contributed by atoms with Crippen LogP contribution < -0.4 is 15.2 Å². The van der Waals surface area contributed by atoms with E-state index < -0.39 is 18.9 Å². The molecule has 0 saturated carbocycles. The van der Waals surface area contributed by atoms with Crippen LogP contribution in [-0.4, -0.2) is 52.0 Å². The minimum absolute atomic E-state index is 0.105. The van der Waals surface area contributed by atoms with E-state index in [1.165, 1.54) is 23.0 Å². The van der Waals surface area contributed by atoms with E-state index >= 15 is 0 Å². The second-order valence-electron chi connectivity index (χ2n) is 7.18. The Morgan fingerprint density at radius 3 is 2.78 bits per heavy atom. The maximum absolute atomic E-state index is 12.6. The van der Waals surface area contributed by atoms with Gasteiger partial charge in [-0.3, -0.25) is 9.36 Å². The topological polar surface area (TPSA) is 82.4 Å². The summed E-state index contributed by atoms with van der Waals surface area (Å²) < 4.78 is 50.2. The average Bonchev–Trinajstić information content (AvgIpc) is 2.80. The third-order valence-electron chi connectivity index (χ3n) is 4.96. The monoisotopic (exact) mass is 447 g/mol. The van der Waals surface area contributed by atoms with Gasteiger partial charge in [-0.2, -0.15) is 13.2 Å². The summed E-state index contributed by atoms with van der Waals surface area (Å²) in [7, 11) is 1.61. The number of hydrogen-bond acceptors (Lipinski definition) is 7. The van der Waals surface area contributed by atoms with Crippen molar-refractivity contribution in [1.29, 1.82) is 0 Å². The molecule has 168 valence electrons. The van der Waals surface area contributed by atoms with E-state index in [0.29, 0.717) is 36.1 Å². The fourth-order valence-corrected chi connectivity index (χ4v) is 3.44. The van der Waals surface area contributed by atoms with E-state index in [9.17, 15) is 18.0 Å². The zero-order valence-corrected chi connectivity index (χ0v) is 17.1. The standard InChI is InChI=1S/C21H20F3N5O3/c1-28-19(30)10-16(15-6-7-25-13-26-15)27-20(28)29-8-9-31-18(11-29)14-4-2-3-5-17(14)32-12-21(22,23)24/h2-7,10,13,18H,8-9,11-12H2,1H3. The van der Waals surface area contributed by atoms with E-state index in [2.05, 4.69) is 15.0 Å². The molecule has 1 fully saturated rings. The molecular formula is C21H20F3N5O3. The predicted molar refractivity (Wildman–Crippen MR) is 109 cm³/mol. The number of rotatable bonds is 5. The van der Waals surface area contributed by atoms with Gasteiger partial charge in [-0.1, -0.05) is 18.2 Å². The normalized spacial score (nSPS) is 16.8. The minimum Gasteiger partial charge on any atom is -0.484 e. The van der Waals surface area contributed by atoms with E-state index in [4.69, 9.17) is 9.47 Å². The quantitative estimate of drug-likeness (QED) is 0.595. The van der Waals surface area contributed by atoms with Crippen LogP contribution in [0.1, 0.15) is 11.7 Å². The van der Waals surface area contributed by atoms with Crippen molar-refractivity contribution in [2.45, 2.75) is 12.3 Å². The second-order valence-corrected chi connectivity index (χ2v) is 7.18. The number of benzene rings is 1. The lowest BCUT2D eigenvalue weighted by Crippen LogP contribution is -2.41. The van der Waals surface area contributed by atoms with Crippen molar-refractivity contribution < 1.29 is 22.6 Å². The second kappa shape index (κ2) is 8.95. The third kappa shape index (κ3) is 4.88. The summed E-state index contributed by atoms with van der Waals surface area (Å²) in [5.74, 6) is 0.515. The molecule has 0 aliphatic carbocycles. The molecule has 3 heterocycles. The Hall–Kier alpha value is -3.47. The molecule has 2 aromatic heterocycles. The van der Waals surface area contributed by atoms with Crippen molar-refractivity contribution in [2.24, 2.45) is 7.05 Å². The molecule has 0 bridgehead atoms. The van der Waals surface area contributed by atoms with Gasteiger partial charge in [0, 0.05) is 31.4 Å². The van der Waals surface area contributed by atoms with Crippen LogP contribution in [-0.2, 0) is 11.8 Å². The highest BCUT2D eigenvalue weighted by atomic mass is 19.4. The van der Waals surface area contributed by atoms with Gasteiger partial charge in [0.2, 0.25) is 5.95 Å². The van der Waals surface area contributed by atoms with Crippen molar-refractivity contribution in [3.05, 3.63) is 64.8 Å². The van der Waals surface area contributed by atoms with Gasteiger partial charge in [-0.25, -0.2) is 15.0 Å². The number of halogens is 3. The van der Waals surface area contributed by atoms with Crippen LogP contribution >= 0.6 is 0 Å². The largest absolute Gasteiger partial charge is 0.484 e. The molecule has 1 aliphatic heterocycles. The summed E-state index contributed by atoms with van der Waals surface area (Å²) in [6, 6.07) is 9.51. The molecule has 1 aromatic carbocycles. The third-order valence-corrected chi connectivity index (χ3v) is 4.96. The fraction of sp³-hybridized carbons (Fsp3) is 0.333. The first-order chi connectivity index (χ1) is 15.3. The summed E-state index contributed by atoms with van der Waals surface area (Å²) in [6.45, 7) is -0.362. The van der Waals surface area contributed by atoms with Gasteiger partial charge in [0.05, 0.1) is 24.5 Å². The SMILES string of the molecule is Cn1c(N2CCOC(c3ccccc3OCC(F)(F)F)C2)nc(-c2ccncn2)cc1=O. The number of para-hydroxylation sites is 1. The molecule has 1 unspecified atom stereocenters. The Balaban J connectivity index is 1.62. The Bertz CT molecular complexity index is 1140. The summed E-state index contributed by atoms with van der Waals surface area (Å²) in [5.41, 5.74) is 1.15. The molecule has 11 heteroatoms. The lowest BCUT2D eigenvalue weighted by molar-refractivity contribution is -0.153. The smallest absolute Gasteiger partial charge is 0.422 e. The molecule has 0 radical (unpaired) electrons. The average molecular weight is 447 g/mol. The molecule has 1 aliphatic rings. The molecule has 1 atom stereocenters. The van der Waals surface area contributed by atoms with Crippen LogP contribution in [0.5, 0.6) is 5.75 Å². The number of morpholine rings is 1. The van der Waals surface area contributed by atoms with Gasteiger partial charge in [-0.15, -0.1) is 0 Å². The molecule has 3 aromatic rings. The van der Waals surface area contributed by atoms with Crippen molar-refractivity contribution >= 4 is 5.95 Å². The highest BCUT2D eigenvalue weighted by Crippen LogP contribution is 2.32. The Morgan fingerprint density at radius 1 is 1.22 bits per heavy atom. The van der Waals surface area contributed by atoms with Gasteiger partial charge >= 0.3 is 6.18 Å². The number of anilines is 1. The van der Waals surface area contributed by atoms with Crippen LogP contribution in [0, 0.1) is 0 Å². The van der Waals surface area contributed by atoms with E-state index in [1.807, 2.05) is 4.90 Å². The van der Waals surface area contributed by atoms with Gasteiger partial charge in [0.15, 0.2) is 6.61 Å². The van der Waals surface area contributed by atoms with Gasteiger partial charge < -0.3 is 14.4 Å². The van der Waals surface area contributed by atoms with Crippen LogP contribution in [0.25, 0.3) is 11.4 Å². The molecule has 0 amide bonds. The number of alkyl halides is 3. The summed E-state index contributed by atoms with van der Waals surface area (Å²) in [5, 5.41) is 0. The maximum Gasteiger partial charge on any atom is 0.422 e. The van der Waals surface area contributed by atoms with E-state index in [1.54, 1.807) is 37.5 Å². The molecule has 0 N–H and O–H groups in total. The van der Waals surface area contributed by atoms with Gasteiger partial charge in [-0.05, 0) is 12.1 Å². The number of hydrogen-bond donors (Lipinski definition) is 0. The van der Waals surface area contributed by atoms with Crippen molar-refractivity contribution in [3.63, 3.8) is 0 Å². The first kappa shape index (κ1) is 21.8. The van der Waals surface area contributed by atoms with E-state index in [0.717, 1.165) is 0 Å². The lowest BCUT2D eigenvalue weighted by Gasteiger charge is -2.35. The number of ether oxygens (including phenoxy) is 2. The van der Waals surface area contributed by atoms with Gasteiger partial charge in [0.1, 0.15) is 18.2 Å². The molecule has 4 rings (SSSR count). The summed E-state index contributed by atoms with van der Waals surface area (Å²) >= 11 is 0. The minimum atomic E-state index is -4.45. The molecule has 8 nitrogen and oxygen atoms in total. The highest BCUT2D eigenvalue weighted by molar-refractivity contribution is 5.55. The highest BCUT2D eigenvalue weighted by Gasteiger charge is 2.31. The van der Waals surface area contributed by atoms with Crippen LogP contribution in [0.2, 0.25) is 0 Å². The summed E-state index contributed by atoms with van der Waals surface area (Å²) in [4.78, 5) is 27.0. The maximum atomic E-state index is 12.6. The fourth-order valence-electron chi connectivity index (χ4n) is 3.44. The Morgan fingerprint density at radius 2 is 2.03 bits per heavy atom.